The van der Waals surface area contributed by atoms with Gasteiger partial charge in [-0.3, -0.25) is 4.79 Å². The molecule has 2 aromatic carbocycles. The monoisotopic (exact) mass is 316 g/mol. The van der Waals surface area contributed by atoms with Crippen LogP contribution in [0.4, 0.5) is 5.69 Å². The fraction of sp³-hybridized carbons (Fsp3) is 0.105. The molecule has 0 saturated carbocycles. The van der Waals surface area contributed by atoms with Crippen molar-refractivity contribution < 1.29 is 4.79 Å². The molecule has 0 fully saturated rings. The zero-order valence-corrected chi connectivity index (χ0v) is 13.4. The van der Waals surface area contributed by atoms with Crippen molar-refractivity contribution in [2.75, 3.05) is 5.32 Å². The van der Waals surface area contributed by atoms with Gasteiger partial charge in [0, 0.05) is 0 Å². The van der Waals surface area contributed by atoms with E-state index in [-0.39, 0.29) is 5.91 Å². The molecule has 5 heteroatoms. The number of nitrogens with one attached hydrogen (secondary N) is 1. The van der Waals surface area contributed by atoms with E-state index < -0.39 is 0 Å². The molecular weight excluding hydrogens is 300 g/mol. The van der Waals surface area contributed by atoms with E-state index in [4.69, 9.17) is 5.26 Å². The van der Waals surface area contributed by atoms with Gasteiger partial charge < -0.3 is 5.32 Å². The molecular formula is C19H16N4O. The van der Waals surface area contributed by atoms with Gasteiger partial charge in [0.15, 0.2) is 0 Å². The van der Waals surface area contributed by atoms with E-state index in [1.807, 2.05) is 37.3 Å². The van der Waals surface area contributed by atoms with Gasteiger partial charge in [-0.15, -0.1) is 0 Å². The van der Waals surface area contributed by atoms with Gasteiger partial charge in [0.25, 0.3) is 5.91 Å². The second-order valence-electron chi connectivity index (χ2n) is 5.40. The smallest absolute Gasteiger partial charge is 0.259 e. The minimum atomic E-state index is -0.269. The van der Waals surface area contributed by atoms with E-state index in [1.54, 1.807) is 35.9 Å². The number of amides is 1. The third-order valence-electron chi connectivity index (χ3n) is 3.81. The van der Waals surface area contributed by atoms with Crippen LogP contribution in [0, 0.1) is 25.2 Å². The summed E-state index contributed by atoms with van der Waals surface area (Å²) in [6, 6.07) is 18.7. The van der Waals surface area contributed by atoms with Gasteiger partial charge in [-0.25, -0.2) is 4.68 Å². The molecule has 0 aliphatic rings. The lowest BCUT2D eigenvalue weighted by molar-refractivity contribution is 0.102. The summed E-state index contributed by atoms with van der Waals surface area (Å²) in [4.78, 5) is 12.7. The highest BCUT2D eigenvalue weighted by Gasteiger charge is 2.20. The van der Waals surface area contributed by atoms with Gasteiger partial charge in [-0.05, 0) is 38.1 Å². The summed E-state index contributed by atoms with van der Waals surface area (Å²) in [6.45, 7) is 3.66. The van der Waals surface area contributed by atoms with Crippen molar-refractivity contribution in [2.45, 2.75) is 13.8 Å². The first-order chi connectivity index (χ1) is 11.6. The molecule has 24 heavy (non-hydrogen) atoms. The first-order valence-corrected chi connectivity index (χ1v) is 7.54. The number of carbonyl (C=O) groups excluding carboxylic acids is 1. The summed E-state index contributed by atoms with van der Waals surface area (Å²) < 4.78 is 1.75. The summed E-state index contributed by atoms with van der Waals surface area (Å²) in [6.07, 6.45) is 0. The van der Waals surface area contributed by atoms with Crippen LogP contribution in [0.2, 0.25) is 0 Å². The van der Waals surface area contributed by atoms with Crippen LogP contribution in [0.5, 0.6) is 0 Å². The van der Waals surface area contributed by atoms with Gasteiger partial charge in [0.1, 0.15) is 6.07 Å². The van der Waals surface area contributed by atoms with Gasteiger partial charge in [0.2, 0.25) is 0 Å². The highest BCUT2D eigenvalue weighted by molar-refractivity contribution is 6.06. The standard InChI is InChI=1S/C19H16N4O/c1-13-18(14(2)23(22-13)16-9-4-3-5-10-16)19(24)21-17-11-7-6-8-15(17)12-20/h3-11H,1-2H3,(H,21,24). The molecule has 1 heterocycles. The van der Waals surface area contributed by atoms with Crippen LogP contribution in [0.3, 0.4) is 0 Å². The number of benzene rings is 2. The third-order valence-corrected chi connectivity index (χ3v) is 3.81. The lowest BCUT2D eigenvalue weighted by Crippen LogP contribution is -2.15. The normalized spacial score (nSPS) is 10.2. The number of para-hydroxylation sites is 2. The fourth-order valence-electron chi connectivity index (χ4n) is 2.67. The van der Waals surface area contributed by atoms with E-state index in [0.29, 0.717) is 22.5 Å². The Balaban J connectivity index is 1.97. The van der Waals surface area contributed by atoms with Crippen molar-refractivity contribution in [3.63, 3.8) is 0 Å². The molecule has 3 aromatic rings. The highest BCUT2D eigenvalue weighted by atomic mass is 16.1. The molecule has 3 rings (SSSR count). The Morgan fingerprint density at radius 2 is 1.75 bits per heavy atom. The number of nitriles is 1. The molecule has 0 bridgehead atoms. The fourth-order valence-corrected chi connectivity index (χ4v) is 2.67. The second-order valence-corrected chi connectivity index (χ2v) is 5.40. The average molecular weight is 316 g/mol. The van der Waals surface area contributed by atoms with Crippen LogP contribution < -0.4 is 5.32 Å². The molecule has 0 unspecified atom stereocenters. The maximum Gasteiger partial charge on any atom is 0.259 e. The SMILES string of the molecule is Cc1nn(-c2ccccc2)c(C)c1C(=O)Nc1ccccc1C#N. The topological polar surface area (TPSA) is 70.7 Å². The molecule has 1 amide bonds. The maximum absolute atomic E-state index is 12.7. The molecule has 118 valence electrons. The first kappa shape index (κ1) is 15.5. The highest BCUT2D eigenvalue weighted by Crippen LogP contribution is 2.20. The largest absolute Gasteiger partial charge is 0.321 e. The Morgan fingerprint density at radius 1 is 1.08 bits per heavy atom. The number of carbonyl (C=O) groups is 1. The van der Waals surface area contributed by atoms with Crippen molar-refractivity contribution in [3.8, 4) is 11.8 Å². The Hall–Kier alpha value is -3.39. The van der Waals surface area contributed by atoms with Crippen LogP contribution in [0.25, 0.3) is 5.69 Å². The predicted octanol–water partition coefficient (Wildman–Crippen LogP) is 3.61. The molecule has 1 aromatic heterocycles. The Bertz CT molecular complexity index is 936. The Morgan fingerprint density at radius 3 is 2.46 bits per heavy atom. The van der Waals surface area contributed by atoms with Gasteiger partial charge in [0.05, 0.1) is 33.9 Å². The lowest BCUT2D eigenvalue weighted by Gasteiger charge is -2.08. The Kier molecular flexibility index (Phi) is 4.13. The van der Waals surface area contributed by atoms with Gasteiger partial charge in [-0.1, -0.05) is 30.3 Å². The Labute approximate surface area is 140 Å². The van der Waals surface area contributed by atoms with Crippen LogP contribution >= 0.6 is 0 Å². The van der Waals surface area contributed by atoms with Crippen molar-refractivity contribution in [1.82, 2.24) is 9.78 Å². The number of hydrogen-bond acceptors (Lipinski definition) is 3. The molecule has 1 N–H and O–H groups in total. The van der Waals surface area contributed by atoms with Crippen LogP contribution in [0.15, 0.2) is 54.6 Å². The molecule has 0 radical (unpaired) electrons. The summed E-state index contributed by atoms with van der Waals surface area (Å²) in [5, 5.41) is 16.4. The summed E-state index contributed by atoms with van der Waals surface area (Å²) in [7, 11) is 0. The number of nitrogens with zero attached hydrogens (tertiary/aromatic N) is 3. The zero-order chi connectivity index (χ0) is 17.1. The number of rotatable bonds is 3. The first-order valence-electron chi connectivity index (χ1n) is 7.54. The molecule has 0 atom stereocenters. The quantitative estimate of drug-likeness (QED) is 0.802. The van der Waals surface area contributed by atoms with Crippen LogP contribution in [-0.2, 0) is 0 Å². The van der Waals surface area contributed by atoms with Crippen molar-refractivity contribution in [2.24, 2.45) is 0 Å². The number of anilines is 1. The summed E-state index contributed by atoms with van der Waals surface area (Å²) in [5.41, 5.74) is 3.74. The molecule has 5 nitrogen and oxygen atoms in total. The van der Waals surface area contributed by atoms with E-state index in [9.17, 15) is 4.79 Å². The van der Waals surface area contributed by atoms with E-state index >= 15 is 0 Å². The summed E-state index contributed by atoms with van der Waals surface area (Å²) in [5.74, 6) is -0.269. The minimum Gasteiger partial charge on any atom is -0.321 e. The van der Waals surface area contributed by atoms with Crippen molar-refractivity contribution in [3.05, 3.63) is 77.1 Å². The molecule has 0 aliphatic carbocycles. The van der Waals surface area contributed by atoms with Gasteiger partial charge >= 0.3 is 0 Å². The summed E-state index contributed by atoms with van der Waals surface area (Å²) >= 11 is 0. The van der Waals surface area contributed by atoms with Crippen molar-refractivity contribution >= 4 is 11.6 Å². The number of aromatic nitrogens is 2. The van der Waals surface area contributed by atoms with Crippen molar-refractivity contribution in [1.29, 1.82) is 5.26 Å². The number of hydrogen-bond donors (Lipinski definition) is 1. The lowest BCUT2D eigenvalue weighted by atomic mass is 10.1. The zero-order valence-electron chi connectivity index (χ0n) is 13.4. The second kappa shape index (κ2) is 6.39. The predicted molar refractivity (Wildman–Crippen MR) is 92.1 cm³/mol. The van der Waals surface area contributed by atoms with E-state index in [0.717, 1.165) is 11.4 Å². The van der Waals surface area contributed by atoms with E-state index in [1.165, 1.54) is 0 Å². The molecule has 0 saturated heterocycles. The average Bonchev–Trinajstić information content (AvgIpc) is 2.90. The van der Waals surface area contributed by atoms with Crippen LogP contribution in [-0.4, -0.2) is 15.7 Å². The van der Waals surface area contributed by atoms with Gasteiger partial charge in [-0.2, -0.15) is 10.4 Å². The van der Waals surface area contributed by atoms with Crippen LogP contribution in [0.1, 0.15) is 27.3 Å². The number of aryl methyl sites for hydroxylation is 1. The minimum absolute atomic E-state index is 0.269. The van der Waals surface area contributed by atoms with E-state index in [2.05, 4.69) is 16.5 Å². The molecule has 0 spiro atoms. The molecule has 0 aliphatic heterocycles. The third kappa shape index (κ3) is 2.77. The maximum atomic E-state index is 12.7.